The number of nitrogens with one attached hydrogen (secondary N) is 1. The quantitative estimate of drug-likeness (QED) is 0.532. The molecule has 8 heteroatoms. The second-order valence-electron chi connectivity index (χ2n) is 5.61. The third-order valence-corrected chi connectivity index (χ3v) is 3.84. The molecule has 0 aliphatic carbocycles. The Morgan fingerprint density at radius 2 is 1.89 bits per heavy atom. The van der Waals surface area contributed by atoms with Gasteiger partial charge in [-0.15, -0.1) is 0 Å². The summed E-state index contributed by atoms with van der Waals surface area (Å²) < 4.78 is 15.7. The van der Waals surface area contributed by atoms with E-state index in [0.29, 0.717) is 30.3 Å². The zero-order valence-electron chi connectivity index (χ0n) is 15.5. The summed E-state index contributed by atoms with van der Waals surface area (Å²) in [6.07, 6.45) is 0.624. The van der Waals surface area contributed by atoms with Crippen LogP contribution in [-0.2, 0) is 11.2 Å². The number of nitro benzene ring substituents is 1. The van der Waals surface area contributed by atoms with Crippen LogP contribution in [0.1, 0.15) is 18.9 Å². The van der Waals surface area contributed by atoms with E-state index < -0.39 is 4.92 Å². The molecule has 0 unspecified atom stereocenters. The first-order valence-electron chi connectivity index (χ1n) is 8.40. The highest BCUT2D eigenvalue weighted by molar-refractivity contribution is 5.93. The predicted octanol–water partition coefficient (Wildman–Crippen LogP) is 3.58. The molecule has 0 aliphatic heterocycles. The topological polar surface area (TPSA) is 99.9 Å². The average molecular weight is 374 g/mol. The predicted molar refractivity (Wildman–Crippen MR) is 101 cm³/mol. The number of ether oxygens (including phenoxy) is 3. The summed E-state index contributed by atoms with van der Waals surface area (Å²) in [6.45, 7) is 2.41. The van der Waals surface area contributed by atoms with Gasteiger partial charge in [-0.3, -0.25) is 14.9 Å². The Balaban J connectivity index is 2.03. The van der Waals surface area contributed by atoms with Crippen LogP contribution in [0.15, 0.2) is 36.4 Å². The van der Waals surface area contributed by atoms with E-state index in [9.17, 15) is 14.9 Å². The first-order chi connectivity index (χ1) is 13.0. The van der Waals surface area contributed by atoms with Crippen LogP contribution in [0, 0.1) is 10.1 Å². The molecule has 2 rings (SSSR count). The van der Waals surface area contributed by atoms with Crippen molar-refractivity contribution in [2.75, 3.05) is 26.1 Å². The van der Waals surface area contributed by atoms with Crippen LogP contribution in [0.3, 0.4) is 0 Å². The van der Waals surface area contributed by atoms with E-state index in [2.05, 4.69) is 5.32 Å². The van der Waals surface area contributed by atoms with Crippen molar-refractivity contribution in [3.63, 3.8) is 0 Å². The lowest BCUT2D eigenvalue weighted by atomic mass is 10.1. The number of carbonyl (C=O) groups excluding carboxylic acids is 1. The van der Waals surface area contributed by atoms with Crippen molar-refractivity contribution < 1.29 is 23.9 Å². The zero-order chi connectivity index (χ0) is 19.8. The van der Waals surface area contributed by atoms with Gasteiger partial charge in [0.15, 0.2) is 11.5 Å². The molecule has 144 valence electrons. The van der Waals surface area contributed by atoms with E-state index in [0.717, 1.165) is 5.56 Å². The van der Waals surface area contributed by atoms with Crippen LogP contribution in [0.2, 0.25) is 0 Å². The van der Waals surface area contributed by atoms with Crippen LogP contribution in [0.5, 0.6) is 17.2 Å². The number of nitrogens with zero attached hydrogens (tertiary/aromatic N) is 1. The highest BCUT2D eigenvalue weighted by Crippen LogP contribution is 2.30. The molecule has 27 heavy (non-hydrogen) atoms. The molecule has 0 saturated carbocycles. The average Bonchev–Trinajstić information content (AvgIpc) is 2.67. The summed E-state index contributed by atoms with van der Waals surface area (Å²) in [7, 11) is 2.97. The third-order valence-electron chi connectivity index (χ3n) is 3.84. The Hall–Kier alpha value is -3.29. The van der Waals surface area contributed by atoms with Gasteiger partial charge in [-0.1, -0.05) is 6.07 Å². The number of hydrogen-bond donors (Lipinski definition) is 1. The van der Waals surface area contributed by atoms with E-state index in [1.165, 1.54) is 19.2 Å². The first-order valence-corrected chi connectivity index (χ1v) is 8.40. The Kier molecular flexibility index (Phi) is 6.99. The lowest BCUT2D eigenvalue weighted by molar-refractivity contribution is -0.384. The minimum absolute atomic E-state index is 0.134. The van der Waals surface area contributed by atoms with Crippen LogP contribution >= 0.6 is 0 Å². The number of carbonyl (C=O) groups is 1. The van der Waals surface area contributed by atoms with Gasteiger partial charge in [-0.25, -0.2) is 0 Å². The molecule has 1 N–H and O–H groups in total. The standard InChI is InChI=1S/C19H22N2O6/c1-4-27-17-9-5-13(11-18(17)26-3)6-10-19(22)20-15-8-7-14(25-2)12-16(15)21(23)24/h5,7-9,11-12H,4,6,10H2,1-3H3,(H,20,22). The molecule has 0 atom stereocenters. The van der Waals surface area contributed by atoms with E-state index in [1.54, 1.807) is 19.2 Å². The lowest BCUT2D eigenvalue weighted by Crippen LogP contribution is -2.13. The Labute approximate surface area is 157 Å². The van der Waals surface area contributed by atoms with E-state index in [4.69, 9.17) is 14.2 Å². The Morgan fingerprint density at radius 1 is 1.11 bits per heavy atom. The van der Waals surface area contributed by atoms with Crippen molar-refractivity contribution in [2.45, 2.75) is 19.8 Å². The fourth-order valence-corrected chi connectivity index (χ4v) is 2.51. The summed E-state index contributed by atoms with van der Waals surface area (Å²) in [4.78, 5) is 22.8. The third kappa shape index (κ3) is 5.34. The fourth-order valence-electron chi connectivity index (χ4n) is 2.51. The lowest BCUT2D eigenvalue weighted by Gasteiger charge is -2.11. The molecular weight excluding hydrogens is 352 g/mol. The van der Waals surface area contributed by atoms with Crippen molar-refractivity contribution in [2.24, 2.45) is 0 Å². The Bertz CT molecular complexity index is 822. The maximum atomic E-state index is 12.2. The molecule has 2 aromatic rings. The van der Waals surface area contributed by atoms with Crippen LogP contribution in [0.25, 0.3) is 0 Å². The van der Waals surface area contributed by atoms with Gasteiger partial charge in [-0.2, -0.15) is 0 Å². The molecule has 8 nitrogen and oxygen atoms in total. The number of hydrogen-bond acceptors (Lipinski definition) is 6. The number of anilines is 1. The molecule has 1 amide bonds. The smallest absolute Gasteiger partial charge is 0.296 e. The number of amides is 1. The second kappa shape index (κ2) is 9.42. The van der Waals surface area contributed by atoms with Crippen molar-refractivity contribution in [3.8, 4) is 17.2 Å². The molecule has 0 spiro atoms. The van der Waals surface area contributed by atoms with Crippen LogP contribution in [-0.4, -0.2) is 31.7 Å². The highest BCUT2D eigenvalue weighted by atomic mass is 16.6. The fraction of sp³-hybridized carbons (Fsp3) is 0.316. The number of methoxy groups -OCH3 is 2. The van der Waals surface area contributed by atoms with Gasteiger partial charge in [0.1, 0.15) is 11.4 Å². The van der Waals surface area contributed by atoms with Gasteiger partial charge >= 0.3 is 0 Å². The molecule has 0 fully saturated rings. The number of rotatable bonds is 9. The maximum absolute atomic E-state index is 12.2. The normalized spacial score (nSPS) is 10.2. The van der Waals surface area contributed by atoms with Crippen molar-refractivity contribution >= 4 is 17.3 Å². The molecule has 0 saturated heterocycles. The van der Waals surface area contributed by atoms with Gasteiger partial charge in [0, 0.05) is 6.42 Å². The van der Waals surface area contributed by atoms with Crippen LogP contribution < -0.4 is 19.5 Å². The molecule has 2 aromatic carbocycles. The van der Waals surface area contributed by atoms with Crippen molar-refractivity contribution in [1.82, 2.24) is 0 Å². The summed E-state index contributed by atoms with van der Waals surface area (Å²) in [6, 6.07) is 9.75. The van der Waals surface area contributed by atoms with E-state index in [1.807, 2.05) is 19.1 Å². The maximum Gasteiger partial charge on any atom is 0.296 e. The molecule has 0 radical (unpaired) electrons. The van der Waals surface area contributed by atoms with Gasteiger partial charge in [0.05, 0.1) is 31.8 Å². The van der Waals surface area contributed by atoms with Crippen molar-refractivity contribution in [1.29, 1.82) is 0 Å². The van der Waals surface area contributed by atoms with E-state index >= 15 is 0 Å². The number of aryl methyl sites for hydroxylation is 1. The Morgan fingerprint density at radius 3 is 2.52 bits per heavy atom. The SMILES string of the molecule is CCOc1ccc(CCC(=O)Nc2ccc(OC)cc2[N+](=O)[O-])cc1OC. The molecular formula is C19H22N2O6. The zero-order valence-corrected chi connectivity index (χ0v) is 15.5. The molecule has 0 bridgehead atoms. The summed E-state index contributed by atoms with van der Waals surface area (Å²) >= 11 is 0. The minimum Gasteiger partial charge on any atom is -0.496 e. The molecule has 0 aromatic heterocycles. The first kappa shape index (κ1) is 20.0. The molecule has 0 heterocycles. The van der Waals surface area contributed by atoms with Gasteiger partial charge in [0.25, 0.3) is 5.69 Å². The summed E-state index contributed by atoms with van der Waals surface area (Å²) in [5.74, 6) is 1.26. The van der Waals surface area contributed by atoms with Crippen LogP contribution in [0.4, 0.5) is 11.4 Å². The largest absolute Gasteiger partial charge is 0.496 e. The van der Waals surface area contributed by atoms with Gasteiger partial charge < -0.3 is 19.5 Å². The number of nitro groups is 1. The van der Waals surface area contributed by atoms with Crippen molar-refractivity contribution in [3.05, 3.63) is 52.1 Å². The van der Waals surface area contributed by atoms with Gasteiger partial charge in [-0.05, 0) is 43.2 Å². The number of benzene rings is 2. The second-order valence-corrected chi connectivity index (χ2v) is 5.61. The monoisotopic (exact) mass is 374 g/mol. The molecule has 0 aliphatic rings. The summed E-state index contributed by atoms with van der Waals surface area (Å²) in [5, 5.41) is 13.8. The van der Waals surface area contributed by atoms with E-state index in [-0.39, 0.29) is 23.7 Å². The van der Waals surface area contributed by atoms with Gasteiger partial charge in [0.2, 0.25) is 5.91 Å². The summed E-state index contributed by atoms with van der Waals surface area (Å²) in [5.41, 5.74) is 0.815. The highest BCUT2D eigenvalue weighted by Gasteiger charge is 2.17. The minimum atomic E-state index is -0.560.